The molecule has 0 aromatic carbocycles. The van der Waals surface area contributed by atoms with Crippen LogP contribution in [0.2, 0.25) is 0 Å². The summed E-state index contributed by atoms with van der Waals surface area (Å²) in [6.07, 6.45) is 15.9. The summed E-state index contributed by atoms with van der Waals surface area (Å²) >= 11 is 0. The number of terminal acetylenes is 1. The summed E-state index contributed by atoms with van der Waals surface area (Å²) in [5.41, 5.74) is 0.437. The Balaban J connectivity index is 2.02. The van der Waals surface area contributed by atoms with Crippen LogP contribution >= 0.6 is 0 Å². The summed E-state index contributed by atoms with van der Waals surface area (Å²) in [6, 6.07) is 0. The van der Waals surface area contributed by atoms with Gasteiger partial charge in [0.05, 0.1) is 5.57 Å². The maximum Gasteiger partial charge on any atom is 0.336 e. The van der Waals surface area contributed by atoms with Gasteiger partial charge in [-0.1, -0.05) is 38.2 Å². The van der Waals surface area contributed by atoms with E-state index in [0.717, 1.165) is 25.7 Å². The van der Waals surface area contributed by atoms with Gasteiger partial charge in [0, 0.05) is 6.42 Å². The summed E-state index contributed by atoms with van der Waals surface area (Å²) < 4.78 is 4.96. The van der Waals surface area contributed by atoms with Crippen molar-refractivity contribution in [2.24, 2.45) is 0 Å². The topological polar surface area (TPSA) is 46.5 Å². The van der Waals surface area contributed by atoms with Crippen molar-refractivity contribution in [2.45, 2.75) is 76.9 Å². The molecule has 1 aliphatic rings. The monoisotopic (exact) mass is 278 g/mol. The standard InChI is InChI=1S/C17H26O3/c1-3-4-5-6-7-8-9-10-11-12-13-15-16(18)14(2)20-17(15)19/h1,13-14,16,18H,4-12H2,2H3/b15-13+/t14-,16+/m0/s1. The number of aliphatic hydroxyl groups is 1. The van der Waals surface area contributed by atoms with E-state index in [1.165, 1.54) is 32.1 Å². The first-order valence-electron chi connectivity index (χ1n) is 7.69. The number of cyclic esters (lactones) is 1. The summed E-state index contributed by atoms with van der Waals surface area (Å²) in [5.74, 6) is 2.30. The smallest absolute Gasteiger partial charge is 0.336 e. The molecule has 0 saturated carbocycles. The molecule has 3 heteroatoms. The van der Waals surface area contributed by atoms with E-state index >= 15 is 0 Å². The zero-order valence-electron chi connectivity index (χ0n) is 12.4. The average molecular weight is 278 g/mol. The minimum absolute atomic E-state index is 0.362. The Morgan fingerprint density at radius 2 is 1.80 bits per heavy atom. The number of rotatable bonds is 9. The van der Waals surface area contributed by atoms with E-state index in [9.17, 15) is 9.90 Å². The van der Waals surface area contributed by atoms with Crippen LogP contribution in [0.5, 0.6) is 0 Å². The second-order valence-electron chi connectivity index (χ2n) is 5.43. The Kier molecular flexibility index (Phi) is 8.06. The molecule has 3 nitrogen and oxygen atoms in total. The van der Waals surface area contributed by atoms with E-state index in [4.69, 9.17) is 11.2 Å². The highest BCUT2D eigenvalue weighted by molar-refractivity contribution is 5.92. The van der Waals surface area contributed by atoms with Gasteiger partial charge in [-0.25, -0.2) is 4.79 Å². The van der Waals surface area contributed by atoms with E-state index in [1.54, 1.807) is 6.92 Å². The Hall–Kier alpha value is -1.27. The van der Waals surface area contributed by atoms with Crippen LogP contribution in [0.1, 0.15) is 64.7 Å². The van der Waals surface area contributed by atoms with Crippen LogP contribution in [0.15, 0.2) is 11.6 Å². The van der Waals surface area contributed by atoms with Crippen molar-refractivity contribution in [1.82, 2.24) is 0 Å². The van der Waals surface area contributed by atoms with Crippen LogP contribution in [0.4, 0.5) is 0 Å². The second kappa shape index (κ2) is 9.61. The lowest BCUT2D eigenvalue weighted by molar-refractivity contribution is -0.138. The molecule has 1 aliphatic heterocycles. The molecular weight excluding hydrogens is 252 g/mol. The summed E-state index contributed by atoms with van der Waals surface area (Å²) in [4.78, 5) is 11.4. The van der Waals surface area contributed by atoms with E-state index in [1.807, 2.05) is 6.08 Å². The zero-order valence-corrected chi connectivity index (χ0v) is 12.4. The molecule has 1 fully saturated rings. The lowest BCUT2D eigenvalue weighted by Gasteiger charge is -2.04. The number of ether oxygens (including phenoxy) is 1. The molecule has 1 rings (SSSR count). The molecule has 1 saturated heterocycles. The third-order valence-corrected chi connectivity index (χ3v) is 3.68. The first kappa shape index (κ1) is 16.8. The van der Waals surface area contributed by atoms with Gasteiger partial charge in [-0.05, 0) is 26.2 Å². The summed E-state index contributed by atoms with van der Waals surface area (Å²) in [5, 5.41) is 9.74. The molecule has 0 aromatic rings. The molecule has 112 valence electrons. The average Bonchev–Trinajstić information content (AvgIpc) is 2.67. The summed E-state index contributed by atoms with van der Waals surface area (Å²) in [7, 11) is 0. The Morgan fingerprint density at radius 1 is 1.20 bits per heavy atom. The third kappa shape index (κ3) is 5.79. The van der Waals surface area contributed by atoms with E-state index < -0.39 is 12.2 Å². The second-order valence-corrected chi connectivity index (χ2v) is 5.43. The molecule has 0 radical (unpaired) electrons. The van der Waals surface area contributed by atoms with Gasteiger partial charge in [-0.3, -0.25) is 0 Å². The first-order chi connectivity index (χ1) is 9.66. The summed E-state index contributed by atoms with van der Waals surface area (Å²) in [6.45, 7) is 1.71. The highest BCUT2D eigenvalue weighted by atomic mass is 16.6. The lowest BCUT2D eigenvalue weighted by Crippen LogP contribution is -2.17. The van der Waals surface area contributed by atoms with Gasteiger partial charge in [-0.2, -0.15) is 0 Å². The molecule has 0 amide bonds. The van der Waals surface area contributed by atoms with Crippen molar-refractivity contribution in [1.29, 1.82) is 0 Å². The molecule has 2 atom stereocenters. The minimum Gasteiger partial charge on any atom is -0.456 e. The fourth-order valence-electron chi connectivity index (χ4n) is 2.39. The van der Waals surface area contributed by atoms with Crippen molar-refractivity contribution in [3.8, 4) is 12.3 Å². The van der Waals surface area contributed by atoms with Crippen molar-refractivity contribution in [3.63, 3.8) is 0 Å². The number of hydrogen-bond acceptors (Lipinski definition) is 3. The van der Waals surface area contributed by atoms with Crippen molar-refractivity contribution in [2.75, 3.05) is 0 Å². The Bertz CT molecular complexity index is 365. The Labute approximate surface area is 122 Å². The number of hydrogen-bond donors (Lipinski definition) is 1. The lowest BCUT2D eigenvalue weighted by atomic mass is 10.0. The first-order valence-corrected chi connectivity index (χ1v) is 7.69. The van der Waals surface area contributed by atoms with E-state index in [-0.39, 0.29) is 5.97 Å². The van der Waals surface area contributed by atoms with Gasteiger partial charge in [0.25, 0.3) is 0 Å². The van der Waals surface area contributed by atoms with Crippen molar-refractivity contribution in [3.05, 3.63) is 11.6 Å². The van der Waals surface area contributed by atoms with E-state index in [0.29, 0.717) is 5.57 Å². The van der Waals surface area contributed by atoms with Gasteiger partial charge in [0.1, 0.15) is 12.2 Å². The fourth-order valence-corrected chi connectivity index (χ4v) is 2.39. The number of unbranched alkanes of at least 4 members (excludes halogenated alkanes) is 8. The van der Waals surface area contributed by atoms with E-state index in [2.05, 4.69) is 5.92 Å². The molecular formula is C17H26O3. The molecule has 20 heavy (non-hydrogen) atoms. The molecule has 0 aromatic heterocycles. The fraction of sp³-hybridized carbons (Fsp3) is 0.706. The molecule has 1 heterocycles. The third-order valence-electron chi connectivity index (χ3n) is 3.68. The van der Waals surface area contributed by atoms with Gasteiger partial charge in [-0.15, -0.1) is 12.3 Å². The molecule has 0 unspecified atom stereocenters. The van der Waals surface area contributed by atoms with Crippen LogP contribution in [-0.2, 0) is 9.53 Å². The maximum absolute atomic E-state index is 11.4. The quantitative estimate of drug-likeness (QED) is 0.304. The number of aliphatic hydroxyl groups excluding tert-OH is 1. The van der Waals surface area contributed by atoms with Gasteiger partial charge in [0.2, 0.25) is 0 Å². The van der Waals surface area contributed by atoms with Crippen LogP contribution in [0.3, 0.4) is 0 Å². The predicted octanol–water partition coefficient (Wildman–Crippen LogP) is 3.36. The molecule has 0 bridgehead atoms. The number of esters is 1. The molecule has 0 aliphatic carbocycles. The maximum atomic E-state index is 11.4. The minimum atomic E-state index is -0.751. The van der Waals surface area contributed by atoms with Crippen molar-refractivity contribution >= 4 is 5.97 Å². The molecule has 0 spiro atoms. The van der Waals surface area contributed by atoms with Crippen molar-refractivity contribution < 1.29 is 14.6 Å². The van der Waals surface area contributed by atoms with Gasteiger partial charge >= 0.3 is 5.97 Å². The van der Waals surface area contributed by atoms with Gasteiger partial charge < -0.3 is 9.84 Å². The van der Waals surface area contributed by atoms with Crippen LogP contribution in [0.25, 0.3) is 0 Å². The normalized spacial score (nSPS) is 23.9. The SMILES string of the molecule is C#CCCCCCCCCC/C=C1/C(=O)O[C@@H](C)[C@H]1O. The van der Waals surface area contributed by atoms with Crippen LogP contribution in [0, 0.1) is 12.3 Å². The Morgan fingerprint density at radius 3 is 2.35 bits per heavy atom. The number of carbonyl (C=O) groups is 1. The van der Waals surface area contributed by atoms with Crippen LogP contribution < -0.4 is 0 Å². The number of carbonyl (C=O) groups excluding carboxylic acids is 1. The molecule has 1 N–H and O–H groups in total. The predicted molar refractivity (Wildman–Crippen MR) is 80.0 cm³/mol. The zero-order chi connectivity index (χ0) is 14.8. The largest absolute Gasteiger partial charge is 0.456 e. The van der Waals surface area contributed by atoms with Crippen LogP contribution in [-0.4, -0.2) is 23.3 Å². The highest BCUT2D eigenvalue weighted by Crippen LogP contribution is 2.22. The highest BCUT2D eigenvalue weighted by Gasteiger charge is 2.34. The van der Waals surface area contributed by atoms with Gasteiger partial charge in [0.15, 0.2) is 0 Å². The number of allylic oxidation sites excluding steroid dienone is 1.